The highest BCUT2D eigenvalue weighted by atomic mass is 19.1. The van der Waals surface area contributed by atoms with E-state index < -0.39 is 23.2 Å². The molecular formula is C17H17F2N3O2. The number of rotatable bonds is 5. The number of halogens is 2. The predicted octanol–water partition coefficient (Wildman–Crippen LogP) is 1.87. The molecule has 2 N–H and O–H groups in total. The first-order valence-corrected chi connectivity index (χ1v) is 7.73. The number of hydrogen-bond acceptors (Lipinski definition) is 4. The van der Waals surface area contributed by atoms with Crippen LogP contribution in [0.2, 0.25) is 0 Å². The highest BCUT2D eigenvalue weighted by Gasteiger charge is 2.35. The van der Waals surface area contributed by atoms with Gasteiger partial charge < -0.3 is 10.4 Å². The van der Waals surface area contributed by atoms with Crippen LogP contribution in [0.3, 0.4) is 0 Å². The first kappa shape index (κ1) is 16.4. The van der Waals surface area contributed by atoms with Gasteiger partial charge in [-0.1, -0.05) is 6.07 Å². The van der Waals surface area contributed by atoms with Crippen LogP contribution in [-0.2, 0) is 6.42 Å². The molecule has 1 amide bonds. The van der Waals surface area contributed by atoms with Crippen LogP contribution < -0.4 is 5.32 Å². The number of aromatic nitrogens is 2. The van der Waals surface area contributed by atoms with Gasteiger partial charge in [-0.05, 0) is 30.9 Å². The number of carbonyl (C=O) groups excluding carboxylic acids is 1. The first-order chi connectivity index (χ1) is 11.5. The molecule has 5 nitrogen and oxygen atoms in total. The summed E-state index contributed by atoms with van der Waals surface area (Å²) in [6.07, 6.45) is 3.68. The van der Waals surface area contributed by atoms with Crippen LogP contribution in [0.15, 0.2) is 36.7 Å². The van der Waals surface area contributed by atoms with E-state index in [-0.39, 0.29) is 18.1 Å². The molecule has 126 valence electrons. The van der Waals surface area contributed by atoms with E-state index in [1.54, 1.807) is 12.3 Å². The topological polar surface area (TPSA) is 75.1 Å². The quantitative estimate of drug-likeness (QED) is 0.876. The number of aliphatic hydroxyl groups excluding tert-OH is 1. The van der Waals surface area contributed by atoms with Crippen LogP contribution in [0.5, 0.6) is 0 Å². The molecule has 0 aliphatic heterocycles. The van der Waals surface area contributed by atoms with Crippen LogP contribution in [0.4, 0.5) is 8.78 Å². The highest BCUT2D eigenvalue weighted by Crippen LogP contribution is 2.31. The average molecular weight is 333 g/mol. The second kappa shape index (κ2) is 7.00. The van der Waals surface area contributed by atoms with Crippen molar-refractivity contribution in [1.29, 1.82) is 0 Å². The van der Waals surface area contributed by atoms with E-state index in [1.807, 2.05) is 12.1 Å². The van der Waals surface area contributed by atoms with Crippen LogP contribution in [0.25, 0.3) is 0 Å². The Morgan fingerprint density at radius 1 is 1.33 bits per heavy atom. The Morgan fingerprint density at radius 2 is 2.12 bits per heavy atom. The van der Waals surface area contributed by atoms with Crippen molar-refractivity contribution in [3.05, 3.63) is 59.7 Å². The van der Waals surface area contributed by atoms with Crippen molar-refractivity contribution in [1.82, 2.24) is 15.3 Å². The fourth-order valence-corrected chi connectivity index (χ4v) is 2.86. The van der Waals surface area contributed by atoms with E-state index in [2.05, 4.69) is 15.3 Å². The summed E-state index contributed by atoms with van der Waals surface area (Å²) >= 11 is 0. The SMILES string of the molecule is O=C(N[C@H](Cc1ccccn1)C1CC(O)C1)c1ncc(F)cc1F. The zero-order valence-electron chi connectivity index (χ0n) is 12.8. The molecule has 2 heterocycles. The van der Waals surface area contributed by atoms with Crippen molar-refractivity contribution in [2.24, 2.45) is 5.92 Å². The molecule has 0 saturated heterocycles. The lowest BCUT2D eigenvalue weighted by atomic mass is 9.76. The summed E-state index contributed by atoms with van der Waals surface area (Å²) in [5.74, 6) is -2.46. The second-order valence-electron chi connectivity index (χ2n) is 5.97. The van der Waals surface area contributed by atoms with Gasteiger partial charge in [-0.2, -0.15) is 0 Å². The molecule has 2 aromatic heterocycles. The van der Waals surface area contributed by atoms with Crippen molar-refractivity contribution in [3.8, 4) is 0 Å². The van der Waals surface area contributed by atoms with Gasteiger partial charge in [0.05, 0.1) is 12.3 Å². The maximum absolute atomic E-state index is 13.7. The van der Waals surface area contributed by atoms with E-state index in [4.69, 9.17) is 0 Å². The van der Waals surface area contributed by atoms with Crippen LogP contribution >= 0.6 is 0 Å². The third-order valence-electron chi connectivity index (χ3n) is 4.21. The van der Waals surface area contributed by atoms with Crippen LogP contribution in [0, 0.1) is 17.6 Å². The Morgan fingerprint density at radius 3 is 2.75 bits per heavy atom. The third kappa shape index (κ3) is 3.73. The minimum absolute atomic E-state index is 0.0782. The molecule has 0 radical (unpaired) electrons. The van der Waals surface area contributed by atoms with Gasteiger partial charge in [0, 0.05) is 30.4 Å². The monoisotopic (exact) mass is 333 g/mol. The number of carbonyl (C=O) groups is 1. The number of amides is 1. The van der Waals surface area contributed by atoms with Gasteiger partial charge in [-0.15, -0.1) is 0 Å². The molecular weight excluding hydrogens is 316 g/mol. The largest absolute Gasteiger partial charge is 0.393 e. The summed E-state index contributed by atoms with van der Waals surface area (Å²) in [4.78, 5) is 20.0. The molecule has 1 aliphatic carbocycles. The standard InChI is InChI=1S/C17H17F2N3O2/c18-11-7-14(19)16(21-9-11)17(24)22-15(10-5-13(23)6-10)8-12-3-1-2-4-20-12/h1-4,7,9-10,13,15,23H,5-6,8H2,(H,22,24)/t10?,13?,15-/m1/s1. The summed E-state index contributed by atoms with van der Waals surface area (Å²) in [5, 5.41) is 12.3. The lowest BCUT2D eigenvalue weighted by Crippen LogP contribution is -2.48. The summed E-state index contributed by atoms with van der Waals surface area (Å²) in [7, 11) is 0. The van der Waals surface area contributed by atoms with Crippen molar-refractivity contribution >= 4 is 5.91 Å². The summed E-state index contributed by atoms with van der Waals surface area (Å²) in [5.41, 5.74) is 0.346. The number of nitrogens with zero attached hydrogens (tertiary/aromatic N) is 2. The molecule has 3 rings (SSSR count). The van der Waals surface area contributed by atoms with Crippen molar-refractivity contribution in [3.63, 3.8) is 0 Å². The van der Waals surface area contributed by atoms with Crippen molar-refractivity contribution < 1.29 is 18.7 Å². The number of aliphatic hydroxyl groups is 1. The van der Waals surface area contributed by atoms with Gasteiger partial charge in [0.15, 0.2) is 11.5 Å². The Balaban J connectivity index is 1.74. The molecule has 1 atom stereocenters. The molecule has 0 bridgehead atoms. The van der Waals surface area contributed by atoms with Gasteiger partial charge in [0.1, 0.15) is 5.82 Å². The lowest BCUT2D eigenvalue weighted by Gasteiger charge is -2.38. The minimum Gasteiger partial charge on any atom is -0.393 e. The molecule has 0 unspecified atom stereocenters. The normalized spacial score (nSPS) is 21.0. The minimum atomic E-state index is -1.00. The lowest BCUT2D eigenvalue weighted by molar-refractivity contribution is 0.0236. The fourth-order valence-electron chi connectivity index (χ4n) is 2.86. The number of nitrogens with one attached hydrogen (secondary N) is 1. The van der Waals surface area contributed by atoms with Crippen molar-refractivity contribution in [2.45, 2.75) is 31.4 Å². The van der Waals surface area contributed by atoms with Gasteiger partial charge in [-0.3, -0.25) is 9.78 Å². The van der Waals surface area contributed by atoms with E-state index in [0.29, 0.717) is 25.3 Å². The van der Waals surface area contributed by atoms with E-state index in [9.17, 15) is 18.7 Å². The zero-order valence-corrected chi connectivity index (χ0v) is 12.8. The Bertz CT molecular complexity index is 721. The van der Waals surface area contributed by atoms with Crippen LogP contribution in [0.1, 0.15) is 29.0 Å². The third-order valence-corrected chi connectivity index (χ3v) is 4.21. The number of pyridine rings is 2. The summed E-state index contributed by atoms with van der Waals surface area (Å²) < 4.78 is 26.6. The van der Waals surface area contributed by atoms with E-state index in [0.717, 1.165) is 11.9 Å². The molecule has 7 heteroatoms. The smallest absolute Gasteiger partial charge is 0.273 e. The molecule has 24 heavy (non-hydrogen) atoms. The second-order valence-corrected chi connectivity index (χ2v) is 5.97. The van der Waals surface area contributed by atoms with E-state index >= 15 is 0 Å². The molecule has 1 fully saturated rings. The predicted molar refractivity (Wildman–Crippen MR) is 82.1 cm³/mol. The zero-order chi connectivity index (χ0) is 17.1. The Kier molecular flexibility index (Phi) is 4.80. The van der Waals surface area contributed by atoms with Gasteiger partial charge in [0.2, 0.25) is 0 Å². The molecule has 1 saturated carbocycles. The maximum Gasteiger partial charge on any atom is 0.273 e. The fraction of sp³-hybridized carbons (Fsp3) is 0.353. The Hall–Kier alpha value is -2.41. The summed E-state index contributed by atoms with van der Waals surface area (Å²) in [6.45, 7) is 0. The van der Waals surface area contributed by atoms with Crippen LogP contribution in [-0.4, -0.2) is 33.1 Å². The van der Waals surface area contributed by atoms with Gasteiger partial charge in [-0.25, -0.2) is 13.8 Å². The van der Waals surface area contributed by atoms with Crippen molar-refractivity contribution in [2.75, 3.05) is 0 Å². The maximum atomic E-state index is 13.7. The number of hydrogen-bond donors (Lipinski definition) is 2. The van der Waals surface area contributed by atoms with Gasteiger partial charge >= 0.3 is 0 Å². The average Bonchev–Trinajstić information content (AvgIpc) is 2.52. The van der Waals surface area contributed by atoms with E-state index in [1.165, 1.54) is 0 Å². The molecule has 0 aromatic carbocycles. The molecule has 0 spiro atoms. The molecule has 1 aliphatic rings. The van der Waals surface area contributed by atoms with Gasteiger partial charge in [0.25, 0.3) is 5.91 Å². The Labute approximate surface area is 137 Å². The molecule has 2 aromatic rings. The highest BCUT2D eigenvalue weighted by molar-refractivity contribution is 5.92. The summed E-state index contributed by atoms with van der Waals surface area (Å²) in [6, 6.07) is 5.80. The first-order valence-electron chi connectivity index (χ1n) is 7.73.